The molecule has 0 radical (unpaired) electrons. The van der Waals surface area contributed by atoms with E-state index in [0.29, 0.717) is 0 Å². The number of nitrogens with zero attached hydrogens (tertiary/aromatic N) is 1. The van der Waals surface area contributed by atoms with Crippen LogP contribution in [0.2, 0.25) is 0 Å². The van der Waals surface area contributed by atoms with Gasteiger partial charge < -0.3 is 4.42 Å². The molecular formula is C10H8N2O2S. The van der Waals surface area contributed by atoms with Gasteiger partial charge in [0.1, 0.15) is 0 Å². The maximum atomic E-state index is 11.3. The van der Waals surface area contributed by atoms with E-state index in [1.807, 2.05) is 16.8 Å². The van der Waals surface area contributed by atoms with Gasteiger partial charge in [0.05, 0.1) is 12.5 Å². The molecule has 0 aliphatic heterocycles. The van der Waals surface area contributed by atoms with E-state index in [9.17, 15) is 4.79 Å². The van der Waals surface area contributed by atoms with E-state index in [2.05, 4.69) is 10.5 Å². The molecule has 0 saturated heterocycles. The molecule has 0 fully saturated rings. The molecule has 0 saturated carbocycles. The summed E-state index contributed by atoms with van der Waals surface area (Å²) in [6.45, 7) is 0. The second-order valence-electron chi connectivity index (χ2n) is 2.73. The Labute approximate surface area is 90.2 Å². The first kappa shape index (κ1) is 9.67. The van der Waals surface area contributed by atoms with E-state index >= 15 is 0 Å². The predicted molar refractivity (Wildman–Crippen MR) is 58.1 cm³/mol. The van der Waals surface area contributed by atoms with Gasteiger partial charge >= 0.3 is 5.91 Å². The van der Waals surface area contributed by atoms with Crippen molar-refractivity contribution >= 4 is 23.5 Å². The number of hydrogen-bond donors (Lipinski definition) is 1. The Hall–Kier alpha value is -1.88. The molecular weight excluding hydrogens is 212 g/mol. The molecule has 0 atom stereocenters. The van der Waals surface area contributed by atoms with Crippen LogP contribution >= 0.6 is 11.3 Å². The predicted octanol–water partition coefficient (Wildman–Crippen LogP) is 2.11. The standard InChI is InChI=1S/C10H8N2O2S/c13-10(9-2-1-4-14-9)12-11-6-8-3-5-15-7-8/h1-7H,(H,12,13)/b11-6+. The number of carbonyl (C=O) groups is 1. The second kappa shape index (κ2) is 4.56. The molecule has 2 aromatic heterocycles. The Kier molecular flexibility index (Phi) is 2.94. The van der Waals surface area contributed by atoms with Gasteiger partial charge in [-0.3, -0.25) is 4.79 Å². The highest BCUT2D eigenvalue weighted by Gasteiger charge is 2.05. The van der Waals surface area contributed by atoms with Gasteiger partial charge in [-0.2, -0.15) is 16.4 Å². The van der Waals surface area contributed by atoms with Gasteiger partial charge in [-0.25, -0.2) is 5.43 Å². The van der Waals surface area contributed by atoms with Crippen LogP contribution < -0.4 is 5.43 Å². The van der Waals surface area contributed by atoms with Crippen molar-refractivity contribution in [3.63, 3.8) is 0 Å². The van der Waals surface area contributed by atoms with Crippen molar-refractivity contribution in [2.45, 2.75) is 0 Å². The minimum atomic E-state index is -0.355. The van der Waals surface area contributed by atoms with Crippen LogP contribution in [0.5, 0.6) is 0 Å². The average Bonchev–Trinajstić information content (AvgIpc) is 2.90. The number of rotatable bonds is 3. The van der Waals surface area contributed by atoms with Crippen LogP contribution in [-0.4, -0.2) is 12.1 Å². The van der Waals surface area contributed by atoms with Crippen LogP contribution in [0.1, 0.15) is 16.1 Å². The molecule has 0 unspecified atom stereocenters. The molecule has 76 valence electrons. The molecule has 15 heavy (non-hydrogen) atoms. The summed E-state index contributed by atoms with van der Waals surface area (Å²) < 4.78 is 4.90. The fraction of sp³-hybridized carbons (Fsp3) is 0. The molecule has 5 heteroatoms. The van der Waals surface area contributed by atoms with Crippen LogP contribution in [-0.2, 0) is 0 Å². The highest BCUT2D eigenvalue weighted by molar-refractivity contribution is 7.08. The number of hydrazone groups is 1. The maximum absolute atomic E-state index is 11.3. The summed E-state index contributed by atoms with van der Waals surface area (Å²) in [5.41, 5.74) is 3.32. The van der Waals surface area contributed by atoms with Gasteiger partial charge in [0, 0.05) is 5.56 Å². The number of nitrogens with one attached hydrogen (secondary N) is 1. The summed E-state index contributed by atoms with van der Waals surface area (Å²) in [5, 5.41) is 7.67. The van der Waals surface area contributed by atoms with Crippen molar-refractivity contribution in [3.8, 4) is 0 Å². The van der Waals surface area contributed by atoms with Gasteiger partial charge in [-0.05, 0) is 29.0 Å². The van der Waals surface area contributed by atoms with Gasteiger partial charge in [0.2, 0.25) is 0 Å². The third-order valence-corrected chi connectivity index (χ3v) is 2.37. The number of thiophene rings is 1. The van der Waals surface area contributed by atoms with Gasteiger partial charge in [0.15, 0.2) is 5.76 Å². The molecule has 0 aliphatic carbocycles. The number of amides is 1. The van der Waals surface area contributed by atoms with Gasteiger partial charge in [-0.1, -0.05) is 0 Å². The average molecular weight is 220 g/mol. The van der Waals surface area contributed by atoms with Crippen LogP contribution in [0.15, 0.2) is 44.7 Å². The molecule has 1 amide bonds. The fourth-order valence-electron chi connectivity index (χ4n) is 0.977. The Balaban J connectivity index is 1.91. The van der Waals surface area contributed by atoms with Crippen LogP contribution in [0.25, 0.3) is 0 Å². The minimum Gasteiger partial charge on any atom is -0.459 e. The van der Waals surface area contributed by atoms with Gasteiger partial charge in [0.25, 0.3) is 0 Å². The van der Waals surface area contributed by atoms with Crippen molar-refractivity contribution in [1.82, 2.24) is 5.43 Å². The first-order valence-corrected chi connectivity index (χ1v) is 5.19. The van der Waals surface area contributed by atoms with Crippen molar-refractivity contribution in [3.05, 3.63) is 46.5 Å². The zero-order valence-electron chi connectivity index (χ0n) is 7.71. The van der Waals surface area contributed by atoms with E-state index in [-0.39, 0.29) is 11.7 Å². The monoisotopic (exact) mass is 220 g/mol. The molecule has 0 spiro atoms. The van der Waals surface area contributed by atoms with E-state index < -0.39 is 0 Å². The summed E-state index contributed by atoms with van der Waals surface area (Å²) >= 11 is 1.57. The Morgan fingerprint density at radius 3 is 3.13 bits per heavy atom. The lowest BCUT2D eigenvalue weighted by molar-refractivity contribution is 0.0927. The quantitative estimate of drug-likeness (QED) is 0.636. The number of carbonyl (C=O) groups excluding carboxylic acids is 1. The van der Waals surface area contributed by atoms with E-state index in [0.717, 1.165) is 5.56 Å². The second-order valence-corrected chi connectivity index (χ2v) is 3.51. The molecule has 1 N–H and O–H groups in total. The zero-order valence-corrected chi connectivity index (χ0v) is 8.53. The summed E-state index contributed by atoms with van der Waals surface area (Å²) in [6, 6.07) is 5.14. The topological polar surface area (TPSA) is 54.6 Å². The van der Waals surface area contributed by atoms with Crippen molar-refractivity contribution < 1.29 is 9.21 Å². The normalized spacial score (nSPS) is 10.7. The molecule has 0 aromatic carbocycles. The SMILES string of the molecule is O=C(N/N=C/c1ccsc1)c1ccco1. The molecule has 0 bridgehead atoms. The van der Waals surface area contributed by atoms with E-state index in [4.69, 9.17) is 4.42 Å². The molecule has 2 aromatic rings. The molecule has 0 aliphatic rings. The Morgan fingerprint density at radius 1 is 1.53 bits per heavy atom. The lowest BCUT2D eigenvalue weighted by Gasteiger charge is -1.93. The third-order valence-electron chi connectivity index (χ3n) is 1.67. The smallest absolute Gasteiger partial charge is 0.307 e. The van der Waals surface area contributed by atoms with Crippen molar-refractivity contribution in [2.24, 2.45) is 5.10 Å². The summed E-state index contributed by atoms with van der Waals surface area (Å²) in [6.07, 6.45) is 3.02. The molecule has 2 rings (SSSR count). The summed E-state index contributed by atoms with van der Waals surface area (Å²) in [4.78, 5) is 11.3. The van der Waals surface area contributed by atoms with Gasteiger partial charge in [-0.15, -0.1) is 0 Å². The van der Waals surface area contributed by atoms with Crippen molar-refractivity contribution in [2.75, 3.05) is 0 Å². The van der Waals surface area contributed by atoms with Crippen molar-refractivity contribution in [1.29, 1.82) is 0 Å². The summed E-state index contributed by atoms with van der Waals surface area (Å²) in [7, 11) is 0. The Morgan fingerprint density at radius 2 is 2.47 bits per heavy atom. The van der Waals surface area contributed by atoms with E-state index in [1.54, 1.807) is 29.7 Å². The van der Waals surface area contributed by atoms with Crippen LogP contribution in [0.3, 0.4) is 0 Å². The third kappa shape index (κ3) is 2.54. The van der Waals surface area contributed by atoms with Crippen LogP contribution in [0, 0.1) is 0 Å². The number of furan rings is 1. The fourth-order valence-corrected chi connectivity index (χ4v) is 1.59. The first-order chi connectivity index (χ1) is 7.36. The lowest BCUT2D eigenvalue weighted by atomic mass is 10.4. The zero-order chi connectivity index (χ0) is 10.5. The molecule has 2 heterocycles. The highest BCUT2D eigenvalue weighted by atomic mass is 32.1. The lowest BCUT2D eigenvalue weighted by Crippen LogP contribution is -2.16. The maximum Gasteiger partial charge on any atom is 0.307 e. The Bertz CT molecular complexity index is 446. The number of hydrogen-bond acceptors (Lipinski definition) is 4. The van der Waals surface area contributed by atoms with E-state index in [1.165, 1.54) is 6.26 Å². The first-order valence-electron chi connectivity index (χ1n) is 4.25. The molecule has 4 nitrogen and oxygen atoms in total. The highest BCUT2D eigenvalue weighted by Crippen LogP contribution is 2.02. The minimum absolute atomic E-state index is 0.248. The largest absolute Gasteiger partial charge is 0.459 e. The summed E-state index contributed by atoms with van der Waals surface area (Å²) in [5.74, 6) is -0.107. The van der Waals surface area contributed by atoms with Crippen LogP contribution in [0.4, 0.5) is 0 Å².